The third-order valence-electron chi connectivity index (χ3n) is 4.72. The van der Waals surface area contributed by atoms with Crippen molar-refractivity contribution < 1.29 is 71.6 Å². The van der Waals surface area contributed by atoms with Crippen LogP contribution in [-0.2, 0) is 66.5 Å². The summed E-state index contributed by atoms with van der Waals surface area (Å²) in [5.41, 5.74) is 0. The molecule has 0 amide bonds. The molecular weight excluding hydrogens is 564 g/mol. The highest BCUT2D eigenvalue weighted by Crippen LogP contribution is 1.95. The summed E-state index contributed by atoms with van der Waals surface area (Å²) < 4.78 is 58.1. The highest BCUT2D eigenvalue weighted by Gasteiger charge is 2.14. The first-order valence-corrected chi connectivity index (χ1v) is 13.9. The van der Waals surface area contributed by atoms with Gasteiger partial charge >= 0.3 is 11.9 Å². The van der Waals surface area contributed by atoms with Crippen molar-refractivity contribution >= 4 is 17.7 Å². The number of hydrogen-bond acceptors (Lipinski definition) is 14. The van der Waals surface area contributed by atoms with E-state index in [1.807, 2.05) is 0 Å². The number of esters is 1. The number of aliphatic carboxylic acids is 1. The van der Waals surface area contributed by atoms with Crippen molar-refractivity contribution in [2.75, 3.05) is 132 Å². The second kappa shape index (κ2) is 33.3. The topological polar surface area (TPSA) is 173 Å². The lowest BCUT2D eigenvalue weighted by molar-refractivity contribution is -0.151. The van der Waals surface area contributed by atoms with Gasteiger partial charge in [0.1, 0.15) is 13.2 Å². The average molecular weight is 613 g/mol. The Bertz CT molecular complexity index is 647. The number of carboxylic acid groups (broad SMARTS) is 1. The summed E-state index contributed by atoms with van der Waals surface area (Å²) >= 11 is 0. The first-order valence-electron chi connectivity index (χ1n) is 13.9. The molecular formula is C27H48O15. The maximum atomic E-state index is 11.3. The van der Waals surface area contributed by atoms with Gasteiger partial charge in [0.25, 0.3) is 0 Å². The van der Waals surface area contributed by atoms with Gasteiger partial charge in [-0.3, -0.25) is 9.59 Å². The van der Waals surface area contributed by atoms with E-state index in [4.69, 9.17) is 57.2 Å². The predicted molar refractivity (Wildman–Crippen MR) is 146 cm³/mol. The van der Waals surface area contributed by atoms with Crippen LogP contribution in [0.15, 0.2) is 12.8 Å². The van der Waals surface area contributed by atoms with Crippen LogP contribution in [0.1, 0.15) is 12.8 Å². The zero-order valence-electron chi connectivity index (χ0n) is 24.5. The van der Waals surface area contributed by atoms with Gasteiger partial charge in [-0.2, -0.15) is 0 Å². The van der Waals surface area contributed by atoms with E-state index in [1.54, 1.807) is 0 Å². The number of carboxylic acids is 1. The van der Waals surface area contributed by atoms with Crippen molar-refractivity contribution in [3.63, 3.8) is 0 Å². The molecule has 0 aromatic carbocycles. The number of ether oxygens (including phenoxy) is 11. The van der Waals surface area contributed by atoms with Gasteiger partial charge in [-0.15, -0.1) is 0 Å². The van der Waals surface area contributed by atoms with Gasteiger partial charge in [0, 0.05) is 6.42 Å². The third kappa shape index (κ3) is 32.3. The molecule has 0 rings (SSSR count). The molecule has 0 aromatic heterocycles. The van der Waals surface area contributed by atoms with Gasteiger partial charge in [0.2, 0.25) is 5.78 Å². The molecule has 42 heavy (non-hydrogen) atoms. The molecule has 0 fully saturated rings. The molecule has 0 saturated heterocycles. The number of hydrogen-bond donors (Lipinski definition) is 1. The summed E-state index contributed by atoms with van der Waals surface area (Å²) in [5.74, 6) is -3.24. The van der Waals surface area contributed by atoms with E-state index in [2.05, 4.69) is 6.58 Å². The molecule has 0 unspecified atom stereocenters. The second-order valence-electron chi connectivity index (χ2n) is 8.00. The standard InChI is InChI=1S/C27H48O15/c1-2-32-5-6-33-7-8-34-9-10-35-11-12-36-13-14-37-15-16-38-17-18-39-19-20-40-21-22-41-23-24-42-26(29)4-3-25(28)27(30)31/h2H,1,3-24H2,(H,30,31). The van der Waals surface area contributed by atoms with Crippen LogP contribution in [0.3, 0.4) is 0 Å². The van der Waals surface area contributed by atoms with Crippen LogP contribution >= 0.6 is 0 Å². The first-order chi connectivity index (χ1) is 20.6. The first kappa shape index (κ1) is 39.8. The third-order valence-corrected chi connectivity index (χ3v) is 4.72. The maximum absolute atomic E-state index is 11.3. The average Bonchev–Trinajstić information content (AvgIpc) is 2.98. The molecule has 0 bridgehead atoms. The SMILES string of the molecule is C=COCCOCCOCCOCCOCCOCCOCCOCCOCCOCCOC(=O)CCC(=O)C(=O)O. The fraction of sp³-hybridized carbons (Fsp3) is 0.815. The zero-order valence-corrected chi connectivity index (χ0v) is 24.5. The lowest BCUT2D eigenvalue weighted by Gasteiger charge is -2.09. The number of rotatable bonds is 35. The normalized spacial score (nSPS) is 11.0. The van der Waals surface area contributed by atoms with Crippen molar-refractivity contribution in [1.82, 2.24) is 0 Å². The molecule has 0 heterocycles. The summed E-state index contributed by atoms with van der Waals surface area (Å²) in [5, 5.41) is 8.43. The number of ketones is 1. The zero-order chi connectivity index (χ0) is 30.8. The van der Waals surface area contributed by atoms with Crippen molar-refractivity contribution in [3.05, 3.63) is 12.8 Å². The monoisotopic (exact) mass is 612 g/mol. The van der Waals surface area contributed by atoms with E-state index < -0.39 is 17.7 Å². The minimum Gasteiger partial charge on any atom is -0.499 e. The molecule has 0 aliphatic carbocycles. The van der Waals surface area contributed by atoms with Crippen molar-refractivity contribution in [1.29, 1.82) is 0 Å². The summed E-state index contributed by atoms with van der Waals surface area (Å²) in [6, 6.07) is 0. The van der Waals surface area contributed by atoms with Crippen LogP contribution in [0.4, 0.5) is 0 Å². The van der Waals surface area contributed by atoms with Crippen LogP contribution in [0, 0.1) is 0 Å². The Balaban J connectivity index is 3.12. The Labute approximate surface area is 247 Å². The molecule has 0 saturated carbocycles. The largest absolute Gasteiger partial charge is 0.499 e. The van der Waals surface area contributed by atoms with Gasteiger partial charge in [0.05, 0.1) is 132 Å². The van der Waals surface area contributed by atoms with Crippen molar-refractivity contribution in [2.24, 2.45) is 0 Å². The van der Waals surface area contributed by atoms with Crippen LogP contribution in [0.2, 0.25) is 0 Å². The van der Waals surface area contributed by atoms with E-state index in [-0.39, 0.29) is 26.1 Å². The van der Waals surface area contributed by atoms with E-state index >= 15 is 0 Å². The number of carbonyl (C=O) groups excluding carboxylic acids is 2. The molecule has 1 N–H and O–H groups in total. The lowest BCUT2D eigenvalue weighted by atomic mass is 10.2. The molecule has 0 aliphatic heterocycles. The lowest BCUT2D eigenvalue weighted by Crippen LogP contribution is -2.17. The van der Waals surface area contributed by atoms with E-state index in [1.165, 1.54) is 6.26 Å². The fourth-order valence-corrected chi connectivity index (χ4v) is 2.66. The van der Waals surface area contributed by atoms with E-state index in [0.717, 1.165) is 0 Å². The minimum atomic E-state index is -1.56. The summed E-state index contributed by atoms with van der Waals surface area (Å²) in [7, 11) is 0. The van der Waals surface area contributed by atoms with Crippen LogP contribution in [0.5, 0.6) is 0 Å². The van der Waals surface area contributed by atoms with Crippen molar-refractivity contribution in [3.8, 4) is 0 Å². The van der Waals surface area contributed by atoms with Gasteiger partial charge in [-0.1, -0.05) is 6.58 Å². The molecule has 0 aromatic rings. The quantitative estimate of drug-likeness (QED) is 0.0447. The molecule has 15 heteroatoms. The molecule has 15 nitrogen and oxygen atoms in total. The molecule has 246 valence electrons. The van der Waals surface area contributed by atoms with Crippen LogP contribution in [-0.4, -0.2) is 155 Å². The Morgan fingerprint density at radius 3 is 1.02 bits per heavy atom. The minimum absolute atomic E-state index is 0.0148. The fourth-order valence-electron chi connectivity index (χ4n) is 2.66. The number of Topliss-reactive ketones (excluding diaryl/α,β-unsaturated/α-hetero) is 1. The Kier molecular flexibility index (Phi) is 31.5. The van der Waals surface area contributed by atoms with Crippen molar-refractivity contribution in [2.45, 2.75) is 12.8 Å². The van der Waals surface area contributed by atoms with Crippen LogP contribution < -0.4 is 0 Å². The molecule has 0 atom stereocenters. The highest BCUT2D eigenvalue weighted by atomic mass is 16.6. The summed E-state index contributed by atoms with van der Waals surface area (Å²) in [4.78, 5) is 32.6. The Morgan fingerprint density at radius 1 is 0.452 bits per heavy atom. The predicted octanol–water partition coefficient (Wildman–Crippen LogP) is 0.273. The Hall–Kier alpha value is -2.21. The van der Waals surface area contributed by atoms with Gasteiger partial charge in [-0.25, -0.2) is 4.79 Å². The summed E-state index contributed by atoms with van der Waals surface area (Å²) in [6.45, 7) is 11.9. The Morgan fingerprint density at radius 2 is 0.738 bits per heavy atom. The molecule has 0 radical (unpaired) electrons. The van der Waals surface area contributed by atoms with Gasteiger partial charge in [0.15, 0.2) is 0 Å². The van der Waals surface area contributed by atoms with Gasteiger partial charge < -0.3 is 57.2 Å². The highest BCUT2D eigenvalue weighted by molar-refractivity contribution is 6.32. The van der Waals surface area contributed by atoms with Crippen LogP contribution in [0.25, 0.3) is 0 Å². The van der Waals surface area contributed by atoms with Gasteiger partial charge in [-0.05, 0) is 0 Å². The maximum Gasteiger partial charge on any atom is 0.372 e. The second-order valence-corrected chi connectivity index (χ2v) is 8.00. The van der Waals surface area contributed by atoms with E-state index in [0.29, 0.717) is 119 Å². The van der Waals surface area contributed by atoms with E-state index in [9.17, 15) is 14.4 Å². The summed E-state index contributed by atoms with van der Waals surface area (Å²) in [6.07, 6.45) is 0.725. The number of carbonyl (C=O) groups is 3. The molecule has 0 aliphatic rings. The molecule has 0 spiro atoms. The smallest absolute Gasteiger partial charge is 0.372 e.